The quantitative estimate of drug-likeness (QED) is 0.645. The van der Waals surface area contributed by atoms with E-state index in [1.54, 1.807) is 11.3 Å². The van der Waals surface area contributed by atoms with Crippen molar-refractivity contribution in [2.24, 2.45) is 5.84 Å². The van der Waals surface area contributed by atoms with Gasteiger partial charge in [-0.1, -0.05) is 12.1 Å². The number of hydrogen-bond acceptors (Lipinski definition) is 4. The van der Waals surface area contributed by atoms with Crippen LogP contribution in [0.1, 0.15) is 22.7 Å². The summed E-state index contributed by atoms with van der Waals surface area (Å²) >= 11 is 1.68. The topological polar surface area (TPSA) is 47.3 Å². The number of fused-ring (bicyclic) bond motifs is 1. The molecule has 1 aliphatic heterocycles. The highest BCUT2D eigenvalue weighted by molar-refractivity contribution is 7.08. The van der Waals surface area contributed by atoms with Gasteiger partial charge in [0.25, 0.3) is 0 Å². The fourth-order valence-corrected chi connectivity index (χ4v) is 2.90. The normalized spacial score (nSPS) is 15.4. The van der Waals surface area contributed by atoms with Crippen LogP contribution in [0.15, 0.2) is 35.0 Å². The lowest BCUT2D eigenvalue weighted by atomic mass is 9.99. The number of hydrogen-bond donors (Lipinski definition) is 2. The van der Waals surface area contributed by atoms with Crippen LogP contribution in [0.5, 0.6) is 5.75 Å². The summed E-state index contributed by atoms with van der Waals surface area (Å²) < 4.78 is 5.51. The molecule has 0 radical (unpaired) electrons. The van der Waals surface area contributed by atoms with Crippen LogP contribution in [0.3, 0.4) is 0 Å². The van der Waals surface area contributed by atoms with Crippen molar-refractivity contribution in [3.8, 4) is 5.75 Å². The van der Waals surface area contributed by atoms with Crippen molar-refractivity contribution < 1.29 is 4.74 Å². The summed E-state index contributed by atoms with van der Waals surface area (Å²) in [7, 11) is 0. The Morgan fingerprint density at radius 3 is 3.00 bits per heavy atom. The van der Waals surface area contributed by atoms with Crippen molar-refractivity contribution in [3.63, 3.8) is 0 Å². The van der Waals surface area contributed by atoms with Gasteiger partial charge in [0.2, 0.25) is 0 Å². The van der Waals surface area contributed by atoms with Gasteiger partial charge in [0.05, 0.1) is 12.6 Å². The molecule has 0 amide bonds. The maximum atomic E-state index is 5.66. The Morgan fingerprint density at radius 1 is 1.29 bits per heavy atom. The molecular weight excluding hydrogens is 232 g/mol. The predicted octanol–water partition coefficient (Wildman–Crippen LogP) is 2.24. The Kier molecular flexibility index (Phi) is 2.84. The van der Waals surface area contributed by atoms with Crippen LogP contribution in [0.2, 0.25) is 0 Å². The molecule has 3 nitrogen and oxygen atoms in total. The lowest BCUT2D eigenvalue weighted by molar-refractivity contribution is 0.357. The first-order valence-electron chi connectivity index (χ1n) is 5.62. The minimum Gasteiger partial charge on any atom is -0.493 e. The van der Waals surface area contributed by atoms with E-state index in [1.165, 1.54) is 16.7 Å². The first-order valence-corrected chi connectivity index (χ1v) is 6.56. The van der Waals surface area contributed by atoms with Crippen LogP contribution >= 0.6 is 11.3 Å². The molecule has 1 aromatic heterocycles. The highest BCUT2D eigenvalue weighted by atomic mass is 32.1. The van der Waals surface area contributed by atoms with Crippen molar-refractivity contribution in [2.45, 2.75) is 12.5 Å². The van der Waals surface area contributed by atoms with Gasteiger partial charge in [0.15, 0.2) is 0 Å². The molecule has 0 saturated heterocycles. The van der Waals surface area contributed by atoms with E-state index < -0.39 is 0 Å². The third-order valence-corrected chi connectivity index (χ3v) is 3.79. The van der Waals surface area contributed by atoms with Crippen molar-refractivity contribution in [1.29, 1.82) is 0 Å². The van der Waals surface area contributed by atoms with Gasteiger partial charge >= 0.3 is 0 Å². The molecule has 0 spiro atoms. The van der Waals surface area contributed by atoms with E-state index in [4.69, 9.17) is 10.6 Å². The predicted molar refractivity (Wildman–Crippen MR) is 69.1 cm³/mol. The first kappa shape index (κ1) is 10.8. The number of nitrogens with one attached hydrogen (secondary N) is 1. The standard InChI is InChI=1S/C13H14N2OS/c14-15-13(11-4-6-17-8-11)10-1-2-12-9(7-10)3-5-16-12/h1-2,4,6-8,13,15H,3,5,14H2. The van der Waals surface area contributed by atoms with E-state index in [2.05, 4.69) is 34.4 Å². The first-order chi connectivity index (χ1) is 8.38. The Labute approximate surface area is 104 Å². The van der Waals surface area contributed by atoms with Gasteiger partial charge in [-0.15, -0.1) is 0 Å². The molecule has 0 saturated carbocycles. The molecule has 2 heterocycles. The van der Waals surface area contributed by atoms with E-state index >= 15 is 0 Å². The molecule has 4 heteroatoms. The average molecular weight is 246 g/mol. The Bertz CT molecular complexity index is 510. The summed E-state index contributed by atoms with van der Waals surface area (Å²) in [6.07, 6.45) is 0.990. The van der Waals surface area contributed by atoms with Gasteiger partial charge in [0.1, 0.15) is 5.75 Å². The molecule has 0 fully saturated rings. The number of ether oxygens (including phenoxy) is 1. The van der Waals surface area contributed by atoms with Crippen molar-refractivity contribution >= 4 is 11.3 Å². The fourth-order valence-electron chi connectivity index (χ4n) is 2.21. The average Bonchev–Trinajstić information content (AvgIpc) is 2.99. The SMILES string of the molecule is NNC(c1ccsc1)c1ccc2c(c1)CCO2. The molecular formula is C13H14N2OS. The van der Waals surface area contributed by atoms with Gasteiger partial charge < -0.3 is 4.74 Å². The summed E-state index contributed by atoms with van der Waals surface area (Å²) in [4.78, 5) is 0. The summed E-state index contributed by atoms with van der Waals surface area (Å²) in [5.74, 6) is 6.67. The maximum absolute atomic E-state index is 5.66. The Balaban J connectivity index is 1.97. The highest BCUT2D eigenvalue weighted by Crippen LogP contribution is 2.30. The van der Waals surface area contributed by atoms with Gasteiger partial charge in [0, 0.05) is 6.42 Å². The van der Waals surface area contributed by atoms with Crippen molar-refractivity contribution in [2.75, 3.05) is 6.61 Å². The zero-order valence-electron chi connectivity index (χ0n) is 9.35. The minimum absolute atomic E-state index is 0.0622. The fraction of sp³-hybridized carbons (Fsp3) is 0.231. The Morgan fingerprint density at radius 2 is 2.24 bits per heavy atom. The molecule has 88 valence electrons. The van der Waals surface area contributed by atoms with Crippen molar-refractivity contribution in [1.82, 2.24) is 5.43 Å². The molecule has 3 N–H and O–H groups in total. The Hall–Kier alpha value is -1.36. The van der Waals surface area contributed by atoms with Crippen LogP contribution < -0.4 is 16.0 Å². The van der Waals surface area contributed by atoms with E-state index in [-0.39, 0.29) is 6.04 Å². The van der Waals surface area contributed by atoms with E-state index in [1.807, 2.05) is 6.07 Å². The minimum atomic E-state index is 0.0622. The van der Waals surface area contributed by atoms with Gasteiger partial charge in [-0.25, -0.2) is 5.43 Å². The second-order valence-electron chi connectivity index (χ2n) is 4.12. The second kappa shape index (κ2) is 4.49. The van der Waals surface area contributed by atoms with Crippen LogP contribution in [-0.4, -0.2) is 6.61 Å². The number of thiophene rings is 1. The zero-order chi connectivity index (χ0) is 11.7. The molecule has 1 aromatic carbocycles. The summed E-state index contributed by atoms with van der Waals surface area (Å²) in [6, 6.07) is 8.46. The molecule has 1 aliphatic rings. The molecule has 3 rings (SSSR count). The number of benzene rings is 1. The van der Waals surface area contributed by atoms with Crippen molar-refractivity contribution in [3.05, 3.63) is 51.7 Å². The third-order valence-electron chi connectivity index (χ3n) is 3.09. The lowest BCUT2D eigenvalue weighted by Crippen LogP contribution is -2.28. The van der Waals surface area contributed by atoms with Crippen LogP contribution in [0.4, 0.5) is 0 Å². The molecule has 1 atom stereocenters. The number of nitrogens with two attached hydrogens (primary N) is 1. The smallest absolute Gasteiger partial charge is 0.122 e. The molecule has 0 aliphatic carbocycles. The molecule has 2 aromatic rings. The van der Waals surface area contributed by atoms with Gasteiger partial charge in [-0.2, -0.15) is 11.3 Å². The van der Waals surface area contributed by atoms with Crippen LogP contribution in [0.25, 0.3) is 0 Å². The van der Waals surface area contributed by atoms with Crippen LogP contribution in [-0.2, 0) is 6.42 Å². The summed E-state index contributed by atoms with van der Waals surface area (Å²) in [6.45, 7) is 0.790. The lowest BCUT2D eigenvalue weighted by Gasteiger charge is -2.16. The third kappa shape index (κ3) is 1.95. The largest absolute Gasteiger partial charge is 0.493 e. The number of hydrazine groups is 1. The summed E-state index contributed by atoms with van der Waals surface area (Å²) in [5, 5.41) is 4.18. The van der Waals surface area contributed by atoms with Gasteiger partial charge in [-0.05, 0) is 39.6 Å². The number of rotatable bonds is 3. The van der Waals surface area contributed by atoms with E-state index in [0.717, 1.165) is 18.8 Å². The maximum Gasteiger partial charge on any atom is 0.122 e. The monoisotopic (exact) mass is 246 g/mol. The molecule has 1 unspecified atom stereocenters. The molecule has 0 bridgehead atoms. The summed E-state index contributed by atoms with van der Waals surface area (Å²) in [5.41, 5.74) is 6.55. The second-order valence-corrected chi connectivity index (χ2v) is 4.90. The zero-order valence-corrected chi connectivity index (χ0v) is 10.2. The highest BCUT2D eigenvalue weighted by Gasteiger charge is 2.17. The van der Waals surface area contributed by atoms with Gasteiger partial charge in [-0.3, -0.25) is 5.84 Å². The van der Waals surface area contributed by atoms with E-state index in [9.17, 15) is 0 Å². The van der Waals surface area contributed by atoms with E-state index in [0.29, 0.717) is 0 Å². The van der Waals surface area contributed by atoms with Crippen LogP contribution in [0, 0.1) is 0 Å². The molecule has 17 heavy (non-hydrogen) atoms.